The molecule has 1 heterocycles. The van der Waals surface area contributed by atoms with Gasteiger partial charge in [-0.3, -0.25) is 9.59 Å². The Kier molecular flexibility index (Phi) is 5.35. The molecule has 0 bridgehead atoms. The van der Waals surface area contributed by atoms with E-state index in [9.17, 15) is 14.7 Å². The maximum absolute atomic E-state index is 11.5. The van der Waals surface area contributed by atoms with Crippen molar-refractivity contribution in [3.8, 4) is 11.5 Å². The number of amides is 2. The van der Waals surface area contributed by atoms with E-state index < -0.39 is 11.8 Å². The van der Waals surface area contributed by atoms with E-state index in [1.165, 1.54) is 19.6 Å². The average Bonchev–Trinajstić information content (AvgIpc) is 3.07. The Morgan fingerprint density at radius 3 is 2.83 bits per heavy atom. The summed E-state index contributed by atoms with van der Waals surface area (Å²) in [6.07, 6.45) is 2.67. The quantitative estimate of drug-likeness (QED) is 0.428. The Balaban J connectivity index is 1.87. The normalized spacial score (nSPS) is 10.5. The number of hydrogen-bond donors (Lipinski definition) is 3. The first-order chi connectivity index (χ1) is 11.1. The molecule has 0 aliphatic rings. The standard InChI is InChI=1S/C15H15N3O5/c1-22-12-6-2-4-10(13(12)19)8-17-18-15(21)14(20)16-9-11-5-3-7-23-11/h2-8,19H,9H2,1H3,(H,16,20)(H,18,21)/b17-8-. The van der Waals surface area contributed by atoms with Crippen molar-refractivity contribution in [1.29, 1.82) is 0 Å². The van der Waals surface area contributed by atoms with Crippen LogP contribution in [0.5, 0.6) is 11.5 Å². The molecule has 0 saturated heterocycles. The predicted octanol–water partition coefficient (Wildman–Crippen LogP) is 0.760. The monoisotopic (exact) mass is 317 g/mol. The first kappa shape index (κ1) is 16.1. The molecule has 0 radical (unpaired) electrons. The van der Waals surface area contributed by atoms with Crippen LogP contribution in [0.4, 0.5) is 0 Å². The molecule has 0 unspecified atom stereocenters. The third-order valence-corrected chi connectivity index (χ3v) is 2.83. The van der Waals surface area contributed by atoms with Gasteiger partial charge < -0.3 is 19.6 Å². The number of aromatic hydroxyl groups is 1. The summed E-state index contributed by atoms with van der Waals surface area (Å²) in [6.45, 7) is 0.0969. The first-order valence-electron chi connectivity index (χ1n) is 6.61. The lowest BCUT2D eigenvalue weighted by Gasteiger charge is -2.05. The van der Waals surface area contributed by atoms with Crippen LogP contribution in [-0.2, 0) is 16.1 Å². The molecular weight excluding hydrogens is 302 g/mol. The highest BCUT2D eigenvalue weighted by molar-refractivity contribution is 6.35. The molecule has 23 heavy (non-hydrogen) atoms. The number of para-hydroxylation sites is 1. The van der Waals surface area contributed by atoms with E-state index in [1.54, 1.807) is 30.3 Å². The summed E-state index contributed by atoms with van der Waals surface area (Å²) < 4.78 is 9.97. The van der Waals surface area contributed by atoms with E-state index in [4.69, 9.17) is 9.15 Å². The smallest absolute Gasteiger partial charge is 0.329 e. The Morgan fingerprint density at radius 2 is 2.13 bits per heavy atom. The number of phenolic OH excluding ortho intramolecular Hbond substituents is 1. The fourth-order valence-electron chi connectivity index (χ4n) is 1.68. The first-order valence-corrected chi connectivity index (χ1v) is 6.61. The van der Waals surface area contributed by atoms with Crippen molar-refractivity contribution in [2.24, 2.45) is 5.10 Å². The van der Waals surface area contributed by atoms with Gasteiger partial charge in [-0.2, -0.15) is 5.10 Å². The van der Waals surface area contributed by atoms with Crippen LogP contribution in [0, 0.1) is 0 Å². The fraction of sp³-hybridized carbons (Fsp3) is 0.133. The van der Waals surface area contributed by atoms with Crippen LogP contribution in [0.3, 0.4) is 0 Å². The number of carbonyl (C=O) groups is 2. The third kappa shape index (κ3) is 4.34. The zero-order valence-electron chi connectivity index (χ0n) is 12.3. The van der Waals surface area contributed by atoms with Crippen LogP contribution >= 0.6 is 0 Å². The van der Waals surface area contributed by atoms with Gasteiger partial charge in [-0.05, 0) is 24.3 Å². The summed E-state index contributed by atoms with van der Waals surface area (Å²) in [7, 11) is 1.42. The van der Waals surface area contributed by atoms with Crippen molar-refractivity contribution in [3.63, 3.8) is 0 Å². The topological polar surface area (TPSA) is 113 Å². The number of hydrazone groups is 1. The molecule has 0 atom stereocenters. The number of methoxy groups -OCH3 is 1. The van der Waals surface area contributed by atoms with Gasteiger partial charge in [0, 0.05) is 5.56 Å². The Morgan fingerprint density at radius 1 is 1.30 bits per heavy atom. The summed E-state index contributed by atoms with van der Waals surface area (Å²) in [5.41, 5.74) is 2.40. The average molecular weight is 317 g/mol. The molecule has 1 aromatic carbocycles. The highest BCUT2D eigenvalue weighted by Gasteiger charge is 2.12. The fourth-order valence-corrected chi connectivity index (χ4v) is 1.68. The summed E-state index contributed by atoms with van der Waals surface area (Å²) in [5.74, 6) is -1.11. The zero-order valence-corrected chi connectivity index (χ0v) is 12.3. The molecule has 0 saturated carbocycles. The summed E-state index contributed by atoms with van der Waals surface area (Å²) in [4.78, 5) is 23.1. The molecule has 0 aliphatic heterocycles. The number of rotatable bonds is 5. The van der Waals surface area contributed by atoms with Crippen molar-refractivity contribution >= 4 is 18.0 Å². The number of nitrogens with zero attached hydrogens (tertiary/aromatic N) is 1. The maximum Gasteiger partial charge on any atom is 0.329 e. The third-order valence-electron chi connectivity index (χ3n) is 2.83. The number of phenols is 1. The van der Waals surface area contributed by atoms with Gasteiger partial charge in [0.15, 0.2) is 11.5 Å². The lowest BCUT2D eigenvalue weighted by Crippen LogP contribution is -2.37. The van der Waals surface area contributed by atoms with Crippen molar-refractivity contribution in [2.45, 2.75) is 6.54 Å². The summed E-state index contributed by atoms with van der Waals surface area (Å²) in [6, 6.07) is 8.14. The molecule has 120 valence electrons. The minimum atomic E-state index is -0.935. The molecule has 1 aromatic heterocycles. The lowest BCUT2D eigenvalue weighted by atomic mass is 10.2. The maximum atomic E-state index is 11.5. The van der Waals surface area contributed by atoms with Crippen LogP contribution in [-0.4, -0.2) is 30.2 Å². The summed E-state index contributed by atoms with van der Waals surface area (Å²) >= 11 is 0. The molecule has 8 heteroatoms. The molecule has 0 aliphatic carbocycles. The Bertz CT molecular complexity index is 710. The molecular formula is C15H15N3O5. The molecule has 2 rings (SSSR count). The van der Waals surface area contributed by atoms with Crippen LogP contribution < -0.4 is 15.5 Å². The predicted molar refractivity (Wildman–Crippen MR) is 81.0 cm³/mol. The minimum absolute atomic E-state index is 0.0969. The highest BCUT2D eigenvalue weighted by atomic mass is 16.5. The van der Waals surface area contributed by atoms with Crippen LogP contribution in [0.1, 0.15) is 11.3 Å². The van der Waals surface area contributed by atoms with E-state index in [-0.39, 0.29) is 18.0 Å². The van der Waals surface area contributed by atoms with E-state index >= 15 is 0 Å². The van der Waals surface area contributed by atoms with Gasteiger partial charge >= 0.3 is 11.8 Å². The second-order valence-corrected chi connectivity index (χ2v) is 4.36. The van der Waals surface area contributed by atoms with Gasteiger partial charge in [0.05, 0.1) is 26.1 Å². The number of ether oxygens (including phenoxy) is 1. The van der Waals surface area contributed by atoms with E-state index in [2.05, 4.69) is 15.8 Å². The Hall–Kier alpha value is -3.29. The Labute approximate surface area is 131 Å². The van der Waals surface area contributed by atoms with Crippen LogP contribution in [0.25, 0.3) is 0 Å². The molecule has 0 fully saturated rings. The van der Waals surface area contributed by atoms with Gasteiger partial charge in [0.1, 0.15) is 5.76 Å². The van der Waals surface area contributed by atoms with Crippen molar-refractivity contribution < 1.29 is 23.8 Å². The van der Waals surface area contributed by atoms with Crippen LogP contribution in [0.15, 0.2) is 46.1 Å². The summed E-state index contributed by atoms with van der Waals surface area (Å²) in [5, 5.41) is 15.8. The second kappa shape index (κ2) is 7.64. The second-order valence-electron chi connectivity index (χ2n) is 4.36. The van der Waals surface area contributed by atoms with E-state index in [0.717, 1.165) is 0 Å². The van der Waals surface area contributed by atoms with Gasteiger partial charge in [-0.15, -0.1) is 0 Å². The highest BCUT2D eigenvalue weighted by Crippen LogP contribution is 2.27. The van der Waals surface area contributed by atoms with Gasteiger partial charge in [0.2, 0.25) is 0 Å². The number of hydrogen-bond acceptors (Lipinski definition) is 6. The van der Waals surface area contributed by atoms with Crippen molar-refractivity contribution in [3.05, 3.63) is 47.9 Å². The van der Waals surface area contributed by atoms with Gasteiger partial charge in [-0.25, -0.2) is 5.43 Å². The lowest BCUT2D eigenvalue weighted by molar-refractivity contribution is -0.139. The van der Waals surface area contributed by atoms with Gasteiger partial charge in [0.25, 0.3) is 0 Å². The van der Waals surface area contributed by atoms with Gasteiger partial charge in [-0.1, -0.05) is 6.07 Å². The zero-order chi connectivity index (χ0) is 16.7. The minimum Gasteiger partial charge on any atom is -0.504 e. The number of carbonyl (C=O) groups excluding carboxylic acids is 2. The van der Waals surface area contributed by atoms with E-state index in [1.807, 2.05) is 0 Å². The van der Waals surface area contributed by atoms with Crippen molar-refractivity contribution in [1.82, 2.24) is 10.7 Å². The molecule has 8 nitrogen and oxygen atoms in total. The molecule has 3 N–H and O–H groups in total. The molecule has 0 spiro atoms. The SMILES string of the molecule is COc1cccc(/C=N\NC(=O)C(=O)NCc2ccco2)c1O. The molecule has 2 aromatic rings. The largest absolute Gasteiger partial charge is 0.504 e. The number of furan rings is 1. The van der Waals surface area contributed by atoms with E-state index in [0.29, 0.717) is 11.3 Å². The number of nitrogens with one attached hydrogen (secondary N) is 2. The number of benzene rings is 1. The molecule has 2 amide bonds. The van der Waals surface area contributed by atoms with Crippen LogP contribution in [0.2, 0.25) is 0 Å². The van der Waals surface area contributed by atoms with Crippen molar-refractivity contribution in [2.75, 3.05) is 7.11 Å².